The van der Waals surface area contributed by atoms with Crippen LogP contribution < -0.4 is 5.32 Å². The monoisotopic (exact) mass is 255 g/mol. The van der Waals surface area contributed by atoms with E-state index in [1.54, 1.807) is 0 Å². The van der Waals surface area contributed by atoms with Gasteiger partial charge in [0.1, 0.15) is 6.04 Å². The van der Waals surface area contributed by atoms with Crippen LogP contribution in [0, 0.1) is 17.8 Å². The third-order valence-electron chi connectivity index (χ3n) is 3.82. The lowest BCUT2D eigenvalue weighted by Crippen LogP contribution is -2.46. The highest BCUT2D eigenvalue weighted by molar-refractivity contribution is 5.76. The van der Waals surface area contributed by atoms with E-state index in [1.165, 1.54) is 12.8 Å². The molecular formula is C15H29NO2. The summed E-state index contributed by atoms with van der Waals surface area (Å²) in [7, 11) is 0. The quantitative estimate of drug-likeness (QED) is 0.742. The third kappa shape index (κ3) is 4.97. The highest BCUT2D eigenvalue weighted by Gasteiger charge is 2.31. The molecule has 0 aliphatic heterocycles. The number of esters is 1. The van der Waals surface area contributed by atoms with E-state index in [1.807, 2.05) is 6.92 Å². The van der Waals surface area contributed by atoms with Crippen molar-refractivity contribution in [3.63, 3.8) is 0 Å². The third-order valence-corrected chi connectivity index (χ3v) is 3.82. The van der Waals surface area contributed by atoms with E-state index in [-0.39, 0.29) is 12.0 Å². The minimum Gasteiger partial charge on any atom is -0.465 e. The molecule has 1 unspecified atom stereocenters. The summed E-state index contributed by atoms with van der Waals surface area (Å²) in [6.45, 7) is 9.87. The molecule has 0 heterocycles. The first kappa shape index (κ1) is 15.5. The molecule has 0 spiro atoms. The van der Waals surface area contributed by atoms with Gasteiger partial charge in [0.2, 0.25) is 0 Å². The van der Waals surface area contributed by atoms with Crippen LogP contribution >= 0.6 is 0 Å². The van der Waals surface area contributed by atoms with Gasteiger partial charge in [-0.15, -0.1) is 0 Å². The van der Waals surface area contributed by atoms with Crippen LogP contribution in [0.3, 0.4) is 0 Å². The van der Waals surface area contributed by atoms with E-state index in [0.717, 1.165) is 25.3 Å². The molecule has 1 N–H and O–H groups in total. The molecule has 0 aromatic heterocycles. The van der Waals surface area contributed by atoms with Gasteiger partial charge in [-0.1, -0.05) is 33.6 Å². The average Bonchev–Trinajstić information content (AvgIpc) is 2.31. The van der Waals surface area contributed by atoms with E-state index >= 15 is 0 Å². The molecule has 3 nitrogen and oxygen atoms in total. The van der Waals surface area contributed by atoms with Crippen molar-refractivity contribution in [3.05, 3.63) is 0 Å². The van der Waals surface area contributed by atoms with Crippen molar-refractivity contribution >= 4 is 5.97 Å². The van der Waals surface area contributed by atoms with Crippen LogP contribution in [0.1, 0.15) is 53.4 Å². The standard InChI is InChI=1S/C15H29NO2/c1-5-18-15(17)14(16-10-11(2)3)13-8-6-12(4)7-9-13/h11-14,16H,5-10H2,1-4H3. The summed E-state index contributed by atoms with van der Waals surface area (Å²) in [6, 6.07) is -0.0974. The second kappa shape index (κ2) is 7.78. The van der Waals surface area contributed by atoms with Crippen molar-refractivity contribution in [1.82, 2.24) is 5.32 Å². The summed E-state index contributed by atoms with van der Waals surface area (Å²) in [5.74, 6) is 1.77. The summed E-state index contributed by atoms with van der Waals surface area (Å²) >= 11 is 0. The Labute approximate surface area is 112 Å². The molecule has 0 radical (unpaired) electrons. The molecule has 18 heavy (non-hydrogen) atoms. The van der Waals surface area contributed by atoms with E-state index in [2.05, 4.69) is 26.1 Å². The largest absolute Gasteiger partial charge is 0.465 e. The second-order valence-corrected chi connectivity index (χ2v) is 6.05. The van der Waals surface area contributed by atoms with Crippen LogP contribution in [0.2, 0.25) is 0 Å². The Morgan fingerprint density at radius 1 is 1.28 bits per heavy atom. The summed E-state index contributed by atoms with van der Waals surface area (Å²) in [4.78, 5) is 12.1. The Balaban J connectivity index is 2.55. The molecule has 0 amide bonds. The first-order chi connectivity index (χ1) is 8.54. The zero-order valence-electron chi connectivity index (χ0n) is 12.4. The normalized spacial score (nSPS) is 26.1. The minimum atomic E-state index is -0.0974. The van der Waals surface area contributed by atoms with Crippen LogP contribution in [-0.2, 0) is 9.53 Å². The summed E-state index contributed by atoms with van der Waals surface area (Å²) < 4.78 is 5.21. The lowest BCUT2D eigenvalue weighted by molar-refractivity contribution is -0.147. The molecule has 0 aromatic carbocycles. The molecule has 3 heteroatoms. The Morgan fingerprint density at radius 2 is 1.89 bits per heavy atom. The highest BCUT2D eigenvalue weighted by Crippen LogP contribution is 2.30. The molecule has 1 aliphatic rings. The van der Waals surface area contributed by atoms with Crippen LogP contribution in [0.15, 0.2) is 0 Å². The molecule has 1 saturated carbocycles. The smallest absolute Gasteiger partial charge is 0.323 e. The van der Waals surface area contributed by atoms with Gasteiger partial charge in [0.05, 0.1) is 6.61 Å². The highest BCUT2D eigenvalue weighted by atomic mass is 16.5. The number of carbonyl (C=O) groups is 1. The van der Waals surface area contributed by atoms with E-state index in [4.69, 9.17) is 4.74 Å². The van der Waals surface area contributed by atoms with Gasteiger partial charge in [-0.3, -0.25) is 4.79 Å². The molecular weight excluding hydrogens is 226 g/mol. The van der Waals surface area contributed by atoms with Crippen LogP contribution in [0.4, 0.5) is 0 Å². The summed E-state index contributed by atoms with van der Waals surface area (Å²) in [6.07, 6.45) is 4.78. The molecule has 1 aliphatic carbocycles. The summed E-state index contributed by atoms with van der Waals surface area (Å²) in [5.41, 5.74) is 0. The van der Waals surface area contributed by atoms with Crippen molar-refractivity contribution in [2.45, 2.75) is 59.4 Å². The molecule has 0 saturated heterocycles. The van der Waals surface area contributed by atoms with Crippen LogP contribution in [0.5, 0.6) is 0 Å². The number of rotatable bonds is 6. The number of hydrogen-bond acceptors (Lipinski definition) is 3. The average molecular weight is 255 g/mol. The van der Waals surface area contributed by atoms with Crippen molar-refractivity contribution in [2.75, 3.05) is 13.2 Å². The number of hydrogen-bond donors (Lipinski definition) is 1. The first-order valence-corrected chi connectivity index (χ1v) is 7.44. The maximum Gasteiger partial charge on any atom is 0.323 e. The Bertz CT molecular complexity index is 245. The van der Waals surface area contributed by atoms with Gasteiger partial charge < -0.3 is 10.1 Å². The van der Waals surface area contributed by atoms with Crippen molar-refractivity contribution < 1.29 is 9.53 Å². The maximum absolute atomic E-state index is 12.1. The van der Waals surface area contributed by atoms with Gasteiger partial charge >= 0.3 is 5.97 Å². The Morgan fingerprint density at radius 3 is 2.39 bits per heavy atom. The van der Waals surface area contributed by atoms with Crippen molar-refractivity contribution in [1.29, 1.82) is 0 Å². The molecule has 1 fully saturated rings. The minimum absolute atomic E-state index is 0.0577. The van der Waals surface area contributed by atoms with Gasteiger partial charge in [-0.2, -0.15) is 0 Å². The van der Waals surface area contributed by atoms with Gasteiger partial charge in [-0.05, 0) is 44.1 Å². The zero-order valence-corrected chi connectivity index (χ0v) is 12.4. The number of carbonyl (C=O) groups excluding carboxylic acids is 1. The van der Waals surface area contributed by atoms with Gasteiger partial charge in [0.25, 0.3) is 0 Å². The predicted molar refractivity (Wildman–Crippen MR) is 74.4 cm³/mol. The van der Waals surface area contributed by atoms with Gasteiger partial charge in [-0.25, -0.2) is 0 Å². The molecule has 106 valence electrons. The van der Waals surface area contributed by atoms with Crippen LogP contribution in [-0.4, -0.2) is 25.2 Å². The van der Waals surface area contributed by atoms with Crippen molar-refractivity contribution in [3.8, 4) is 0 Å². The zero-order chi connectivity index (χ0) is 13.5. The lowest BCUT2D eigenvalue weighted by Gasteiger charge is -2.32. The van der Waals surface area contributed by atoms with Gasteiger partial charge in [0, 0.05) is 0 Å². The fraction of sp³-hybridized carbons (Fsp3) is 0.933. The molecule has 0 aromatic rings. The molecule has 0 bridgehead atoms. The first-order valence-electron chi connectivity index (χ1n) is 7.44. The number of ether oxygens (including phenoxy) is 1. The topological polar surface area (TPSA) is 38.3 Å². The Hall–Kier alpha value is -0.570. The second-order valence-electron chi connectivity index (χ2n) is 6.05. The molecule has 1 rings (SSSR count). The SMILES string of the molecule is CCOC(=O)C(NCC(C)C)C1CCC(C)CC1. The van der Waals surface area contributed by atoms with Gasteiger partial charge in [0.15, 0.2) is 0 Å². The van der Waals surface area contributed by atoms with E-state index in [9.17, 15) is 4.79 Å². The predicted octanol–water partition coefficient (Wildman–Crippen LogP) is 2.99. The van der Waals surface area contributed by atoms with E-state index < -0.39 is 0 Å². The van der Waals surface area contributed by atoms with Crippen LogP contribution in [0.25, 0.3) is 0 Å². The Kier molecular flexibility index (Phi) is 6.69. The molecule has 1 atom stereocenters. The number of nitrogens with one attached hydrogen (secondary N) is 1. The van der Waals surface area contributed by atoms with Crippen molar-refractivity contribution in [2.24, 2.45) is 17.8 Å². The lowest BCUT2D eigenvalue weighted by atomic mass is 9.79. The fourth-order valence-corrected chi connectivity index (χ4v) is 2.66. The fourth-order valence-electron chi connectivity index (χ4n) is 2.66. The maximum atomic E-state index is 12.1. The van der Waals surface area contributed by atoms with E-state index in [0.29, 0.717) is 18.4 Å². The summed E-state index contributed by atoms with van der Waals surface area (Å²) in [5, 5.41) is 3.41.